The largest absolute Gasteiger partial charge is 0.369 e. The van der Waals surface area contributed by atoms with E-state index in [-0.39, 0.29) is 0 Å². The first-order valence-corrected chi connectivity index (χ1v) is 5.98. The number of rotatable bonds is 4. The van der Waals surface area contributed by atoms with Crippen molar-refractivity contribution in [3.63, 3.8) is 0 Å². The second-order valence-electron chi connectivity index (χ2n) is 4.41. The Balaban J connectivity index is 1.92. The predicted molar refractivity (Wildman–Crippen MR) is 64.3 cm³/mol. The number of hydrogen-bond acceptors (Lipinski definition) is 2. The first kappa shape index (κ1) is 10.7. The summed E-state index contributed by atoms with van der Waals surface area (Å²) in [6.07, 6.45) is 5.31. The molecule has 2 rings (SSSR count). The SMILES string of the molecule is CCC1(CNc2cccc(Cl)n2)CCC1. The van der Waals surface area contributed by atoms with Gasteiger partial charge in [-0.2, -0.15) is 0 Å². The van der Waals surface area contributed by atoms with Crippen LogP contribution in [0, 0.1) is 5.41 Å². The van der Waals surface area contributed by atoms with Crippen LogP contribution in [0.3, 0.4) is 0 Å². The van der Waals surface area contributed by atoms with E-state index in [0.717, 1.165) is 12.4 Å². The maximum atomic E-state index is 5.83. The van der Waals surface area contributed by atoms with Crippen molar-refractivity contribution < 1.29 is 0 Å². The lowest BCUT2D eigenvalue weighted by atomic mass is 9.67. The Hall–Kier alpha value is -0.760. The van der Waals surface area contributed by atoms with Crippen molar-refractivity contribution in [2.75, 3.05) is 11.9 Å². The number of aromatic nitrogens is 1. The molecule has 0 radical (unpaired) electrons. The summed E-state index contributed by atoms with van der Waals surface area (Å²) < 4.78 is 0. The molecule has 0 unspecified atom stereocenters. The van der Waals surface area contributed by atoms with Gasteiger partial charge in [-0.3, -0.25) is 0 Å². The first-order chi connectivity index (χ1) is 7.24. The lowest BCUT2D eigenvalue weighted by Gasteiger charge is -2.41. The molecule has 82 valence electrons. The third-order valence-electron chi connectivity index (χ3n) is 3.52. The molecule has 0 bridgehead atoms. The van der Waals surface area contributed by atoms with E-state index >= 15 is 0 Å². The fourth-order valence-electron chi connectivity index (χ4n) is 2.12. The highest BCUT2D eigenvalue weighted by molar-refractivity contribution is 6.29. The molecule has 0 aliphatic heterocycles. The van der Waals surface area contributed by atoms with E-state index in [4.69, 9.17) is 11.6 Å². The van der Waals surface area contributed by atoms with Crippen molar-refractivity contribution in [2.24, 2.45) is 5.41 Å². The Morgan fingerprint density at radius 1 is 1.47 bits per heavy atom. The number of nitrogens with zero attached hydrogens (tertiary/aromatic N) is 1. The summed E-state index contributed by atoms with van der Waals surface area (Å²) in [6, 6.07) is 5.69. The van der Waals surface area contributed by atoms with Gasteiger partial charge in [-0.25, -0.2) is 4.98 Å². The van der Waals surface area contributed by atoms with Crippen LogP contribution in [0.1, 0.15) is 32.6 Å². The van der Waals surface area contributed by atoms with Crippen LogP contribution in [0.15, 0.2) is 18.2 Å². The maximum Gasteiger partial charge on any atom is 0.131 e. The molecule has 2 nitrogen and oxygen atoms in total. The minimum atomic E-state index is 0.518. The topological polar surface area (TPSA) is 24.9 Å². The fraction of sp³-hybridized carbons (Fsp3) is 0.583. The minimum absolute atomic E-state index is 0.518. The molecule has 0 aromatic carbocycles. The molecule has 1 N–H and O–H groups in total. The summed E-state index contributed by atoms with van der Waals surface area (Å²) in [5.41, 5.74) is 0.518. The second kappa shape index (κ2) is 4.40. The molecule has 0 saturated heterocycles. The molecule has 1 fully saturated rings. The van der Waals surface area contributed by atoms with E-state index in [1.54, 1.807) is 6.07 Å². The van der Waals surface area contributed by atoms with Gasteiger partial charge < -0.3 is 5.32 Å². The summed E-state index contributed by atoms with van der Waals surface area (Å²) in [5.74, 6) is 0.891. The van der Waals surface area contributed by atoms with Gasteiger partial charge in [-0.1, -0.05) is 31.0 Å². The summed E-state index contributed by atoms with van der Waals surface area (Å²) in [7, 11) is 0. The lowest BCUT2D eigenvalue weighted by Crippen LogP contribution is -2.36. The average molecular weight is 225 g/mol. The number of pyridine rings is 1. The van der Waals surface area contributed by atoms with Crippen molar-refractivity contribution in [3.8, 4) is 0 Å². The van der Waals surface area contributed by atoms with E-state index in [0.29, 0.717) is 10.6 Å². The third kappa shape index (κ3) is 2.43. The van der Waals surface area contributed by atoms with Crippen LogP contribution in [0.2, 0.25) is 5.15 Å². The van der Waals surface area contributed by atoms with Crippen LogP contribution in [0.25, 0.3) is 0 Å². The normalized spacial score (nSPS) is 18.3. The van der Waals surface area contributed by atoms with Crippen molar-refractivity contribution in [1.82, 2.24) is 4.98 Å². The Kier molecular flexibility index (Phi) is 3.15. The molecule has 1 aliphatic carbocycles. The van der Waals surface area contributed by atoms with Crippen LogP contribution in [0.5, 0.6) is 0 Å². The van der Waals surface area contributed by atoms with Gasteiger partial charge in [0.1, 0.15) is 11.0 Å². The highest BCUT2D eigenvalue weighted by Gasteiger charge is 2.34. The fourth-order valence-corrected chi connectivity index (χ4v) is 2.28. The summed E-state index contributed by atoms with van der Waals surface area (Å²) in [5, 5.41) is 3.94. The molecule has 0 atom stereocenters. The Labute approximate surface area is 96.1 Å². The number of nitrogens with one attached hydrogen (secondary N) is 1. The van der Waals surface area contributed by atoms with Gasteiger partial charge in [-0.15, -0.1) is 0 Å². The molecular weight excluding hydrogens is 208 g/mol. The summed E-state index contributed by atoms with van der Waals surface area (Å²) in [6.45, 7) is 3.29. The lowest BCUT2D eigenvalue weighted by molar-refractivity contribution is 0.145. The third-order valence-corrected chi connectivity index (χ3v) is 3.73. The molecule has 1 heterocycles. The van der Waals surface area contributed by atoms with E-state index in [9.17, 15) is 0 Å². The zero-order chi connectivity index (χ0) is 10.7. The highest BCUT2D eigenvalue weighted by atomic mass is 35.5. The van der Waals surface area contributed by atoms with Crippen LogP contribution in [-0.2, 0) is 0 Å². The maximum absolute atomic E-state index is 5.83. The number of halogens is 1. The van der Waals surface area contributed by atoms with E-state index < -0.39 is 0 Å². The van der Waals surface area contributed by atoms with Gasteiger partial charge in [0.05, 0.1) is 0 Å². The summed E-state index contributed by atoms with van der Waals surface area (Å²) >= 11 is 5.83. The second-order valence-corrected chi connectivity index (χ2v) is 4.79. The molecule has 0 spiro atoms. The molecule has 0 amide bonds. The van der Waals surface area contributed by atoms with Crippen molar-refractivity contribution in [3.05, 3.63) is 23.4 Å². The van der Waals surface area contributed by atoms with E-state index in [1.807, 2.05) is 12.1 Å². The van der Waals surface area contributed by atoms with E-state index in [2.05, 4.69) is 17.2 Å². The van der Waals surface area contributed by atoms with E-state index in [1.165, 1.54) is 25.7 Å². The monoisotopic (exact) mass is 224 g/mol. The molecule has 3 heteroatoms. The van der Waals surface area contributed by atoms with Crippen molar-refractivity contribution in [1.29, 1.82) is 0 Å². The minimum Gasteiger partial charge on any atom is -0.369 e. The van der Waals surface area contributed by atoms with Gasteiger partial charge >= 0.3 is 0 Å². The van der Waals surface area contributed by atoms with Crippen LogP contribution in [-0.4, -0.2) is 11.5 Å². The standard InChI is InChI=1S/C12H17ClN2/c1-2-12(7-4-8-12)9-14-11-6-3-5-10(13)15-11/h3,5-6H,2,4,7-9H2,1H3,(H,14,15). The Bertz CT molecular complexity index is 329. The smallest absolute Gasteiger partial charge is 0.131 e. The average Bonchev–Trinajstić information content (AvgIpc) is 2.17. The van der Waals surface area contributed by atoms with Gasteiger partial charge in [0.2, 0.25) is 0 Å². The van der Waals surface area contributed by atoms with Crippen LogP contribution < -0.4 is 5.32 Å². The molecular formula is C12H17ClN2. The molecule has 1 aliphatic rings. The Morgan fingerprint density at radius 3 is 2.80 bits per heavy atom. The zero-order valence-electron chi connectivity index (χ0n) is 9.09. The molecule has 1 saturated carbocycles. The van der Waals surface area contributed by atoms with Gasteiger partial charge in [0, 0.05) is 6.54 Å². The Morgan fingerprint density at radius 2 is 2.27 bits per heavy atom. The highest BCUT2D eigenvalue weighted by Crippen LogP contribution is 2.43. The van der Waals surface area contributed by atoms with Crippen molar-refractivity contribution in [2.45, 2.75) is 32.6 Å². The van der Waals surface area contributed by atoms with Gasteiger partial charge in [-0.05, 0) is 36.8 Å². The molecule has 1 aromatic heterocycles. The summed E-state index contributed by atoms with van der Waals surface area (Å²) in [4.78, 5) is 4.22. The van der Waals surface area contributed by atoms with Gasteiger partial charge in [0.15, 0.2) is 0 Å². The van der Waals surface area contributed by atoms with Gasteiger partial charge in [0.25, 0.3) is 0 Å². The van der Waals surface area contributed by atoms with Crippen LogP contribution in [0.4, 0.5) is 5.82 Å². The number of hydrogen-bond donors (Lipinski definition) is 1. The molecule has 15 heavy (non-hydrogen) atoms. The van der Waals surface area contributed by atoms with Crippen molar-refractivity contribution >= 4 is 17.4 Å². The molecule has 1 aromatic rings. The quantitative estimate of drug-likeness (QED) is 0.789. The number of anilines is 1. The van der Waals surface area contributed by atoms with Crippen LogP contribution >= 0.6 is 11.6 Å². The predicted octanol–water partition coefficient (Wildman–Crippen LogP) is 3.73. The first-order valence-electron chi connectivity index (χ1n) is 5.61. The zero-order valence-corrected chi connectivity index (χ0v) is 9.85.